The summed E-state index contributed by atoms with van der Waals surface area (Å²) in [7, 11) is 0. The topological polar surface area (TPSA) is 36.0 Å². The van der Waals surface area contributed by atoms with E-state index >= 15 is 0 Å². The van der Waals surface area contributed by atoms with Gasteiger partial charge in [-0.05, 0) is 36.4 Å². The minimum atomic E-state index is -0.246. The summed E-state index contributed by atoms with van der Waals surface area (Å²) in [6.45, 7) is 5.34. The Hall–Kier alpha value is -2.44. The van der Waals surface area contributed by atoms with Gasteiger partial charge in [-0.25, -0.2) is 4.39 Å². The second-order valence-corrected chi connectivity index (χ2v) is 6.87. The van der Waals surface area contributed by atoms with Crippen LogP contribution < -0.4 is 9.80 Å². The van der Waals surface area contributed by atoms with Crippen molar-refractivity contribution in [1.29, 1.82) is 0 Å². The third kappa shape index (κ3) is 3.96. The maximum absolute atomic E-state index is 13.3. The number of carbonyl (C=O) groups is 1. The standard InChI is InChI=1S/C21H24FN3O2/c22-17-5-7-18(8-6-17)24-11-12-25(20-4-2-1-3-19(20)24)21(26)9-10-23-13-15-27-16-14-23/h1-8H,9-16H2. The van der Waals surface area contributed by atoms with Gasteiger partial charge in [0.1, 0.15) is 5.82 Å². The van der Waals surface area contributed by atoms with Gasteiger partial charge in [0.25, 0.3) is 0 Å². The summed E-state index contributed by atoms with van der Waals surface area (Å²) in [5.74, 6) is -0.100. The first-order valence-corrected chi connectivity index (χ1v) is 9.45. The molecular formula is C21H24FN3O2. The van der Waals surface area contributed by atoms with E-state index in [1.54, 1.807) is 12.1 Å². The third-order valence-corrected chi connectivity index (χ3v) is 5.20. The molecule has 4 rings (SSSR count). The lowest BCUT2D eigenvalue weighted by Gasteiger charge is -2.38. The fourth-order valence-corrected chi connectivity index (χ4v) is 3.72. The zero-order valence-electron chi connectivity index (χ0n) is 15.3. The fraction of sp³-hybridized carbons (Fsp3) is 0.381. The van der Waals surface area contributed by atoms with Crippen LogP contribution in [0.15, 0.2) is 48.5 Å². The van der Waals surface area contributed by atoms with Crippen molar-refractivity contribution in [2.45, 2.75) is 6.42 Å². The van der Waals surface area contributed by atoms with Gasteiger partial charge >= 0.3 is 0 Å². The summed E-state index contributed by atoms with van der Waals surface area (Å²) in [6.07, 6.45) is 0.505. The van der Waals surface area contributed by atoms with E-state index in [2.05, 4.69) is 9.80 Å². The summed E-state index contributed by atoms with van der Waals surface area (Å²) in [5.41, 5.74) is 2.83. The van der Waals surface area contributed by atoms with Gasteiger partial charge in [0.05, 0.1) is 24.6 Å². The van der Waals surface area contributed by atoms with E-state index in [4.69, 9.17) is 4.74 Å². The molecule has 2 aliphatic heterocycles. The molecule has 142 valence electrons. The number of morpholine rings is 1. The minimum absolute atomic E-state index is 0.146. The van der Waals surface area contributed by atoms with Crippen LogP contribution >= 0.6 is 0 Å². The first kappa shape index (κ1) is 17.9. The van der Waals surface area contributed by atoms with E-state index in [-0.39, 0.29) is 11.7 Å². The lowest BCUT2D eigenvalue weighted by Crippen LogP contribution is -2.44. The lowest BCUT2D eigenvalue weighted by molar-refractivity contribution is -0.119. The number of carbonyl (C=O) groups excluding carboxylic acids is 1. The number of ether oxygens (including phenoxy) is 1. The molecule has 1 fully saturated rings. The van der Waals surface area contributed by atoms with Crippen molar-refractivity contribution in [3.05, 3.63) is 54.3 Å². The van der Waals surface area contributed by atoms with E-state index in [1.165, 1.54) is 12.1 Å². The molecule has 2 aromatic rings. The average Bonchev–Trinajstić information content (AvgIpc) is 2.73. The summed E-state index contributed by atoms with van der Waals surface area (Å²) < 4.78 is 18.6. The molecule has 2 heterocycles. The molecule has 0 spiro atoms. The number of benzene rings is 2. The Labute approximate surface area is 158 Å². The Kier molecular flexibility index (Phi) is 5.36. The highest BCUT2D eigenvalue weighted by molar-refractivity contribution is 5.98. The van der Waals surface area contributed by atoms with E-state index in [9.17, 15) is 9.18 Å². The molecule has 2 aliphatic rings. The average molecular weight is 369 g/mol. The maximum atomic E-state index is 13.3. The Morgan fingerprint density at radius 1 is 0.926 bits per heavy atom. The number of fused-ring (bicyclic) bond motifs is 1. The van der Waals surface area contributed by atoms with Crippen molar-refractivity contribution in [1.82, 2.24) is 4.90 Å². The van der Waals surface area contributed by atoms with Gasteiger partial charge in [-0.1, -0.05) is 12.1 Å². The van der Waals surface area contributed by atoms with Gasteiger partial charge < -0.3 is 14.5 Å². The highest BCUT2D eigenvalue weighted by Gasteiger charge is 2.27. The molecule has 0 unspecified atom stereocenters. The summed E-state index contributed by atoms with van der Waals surface area (Å²) in [6, 6.07) is 14.4. The molecule has 0 saturated carbocycles. The van der Waals surface area contributed by atoms with Gasteiger partial charge in [0.15, 0.2) is 0 Å². The molecule has 1 saturated heterocycles. The summed E-state index contributed by atoms with van der Waals surface area (Å²) in [4.78, 5) is 19.2. The van der Waals surface area contributed by atoms with Crippen molar-refractivity contribution in [3.63, 3.8) is 0 Å². The van der Waals surface area contributed by atoms with Crippen molar-refractivity contribution >= 4 is 23.0 Å². The quantitative estimate of drug-likeness (QED) is 0.830. The predicted molar refractivity (Wildman–Crippen MR) is 104 cm³/mol. The molecule has 0 radical (unpaired) electrons. The molecule has 0 bridgehead atoms. The van der Waals surface area contributed by atoms with Gasteiger partial charge in [0.2, 0.25) is 5.91 Å². The number of nitrogens with zero attached hydrogens (tertiary/aromatic N) is 3. The van der Waals surface area contributed by atoms with Crippen LogP contribution in [-0.2, 0) is 9.53 Å². The third-order valence-electron chi connectivity index (χ3n) is 5.20. The number of halogens is 1. The second-order valence-electron chi connectivity index (χ2n) is 6.87. The molecular weight excluding hydrogens is 345 g/mol. The SMILES string of the molecule is O=C(CCN1CCOCC1)N1CCN(c2ccc(F)cc2)c2ccccc21. The van der Waals surface area contributed by atoms with Crippen LogP contribution in [0.5, 0.6) is 0 Å². The first-order valence-electron chi connectivity index (χ1n) is 9.45. The Morgan fingerprint density at radius 3 is 2.37 bits per heavy atom. The van der Waals surface area contributed by atoms with Crippen LogP contribution in [0.4, 0.5) is 21.5 Å². The number of para-hydroxylation sites is 2. The fourth-order valence-electron chi connectivity index (χ4n) is 3.72. The predicted octanol–water partition coefficient (Wildman–Crippen LogP) is 3.03. The Balaban J connectivity index is 1.50. The zero-order chi connectivity index (χ0) is 18.6. The molecule has 1 amide bonds. The number of anilines is 3. The second kappa shape index (κ2) is 8.06. The molecule has 0 N–H and O–H groups in total. The molecule has 0 aromatic heterocycles. The van der Waals surface area contributed by atoms with Crippen molar-refractivity contribution in [2.75, 3.05) is 55.7 Å². The normalized spacial score (nSPS) is 17.7. The van der Waals surface area contributed by atoms with Crippen molar-refractivity contribution in [3.8, 4) is 0 Å². The minimum Gasteiger partial charge on any atom is -0.379 e. The largest absolute Gasteiger partial charge is 0.379 e. The number of hydrogen-bond acceptors (Lipinski definition) is 4. The van der Waals surface area contributed by atoms with Crippen LogP contribution in [0.1, 0.15) is 6.42 Å². The van der Waals surface area contributed by atoms with Gasteiger partial charge in [-0.2, -0.15) is 0 Å². The van der Waals surface area contributed by atoms with Gasteiger partial charge in [0, 0.05) is 44.8 Å². The van der Waals surface area contributed by atoms with E-state index in [0.29, 0.717) is 19.5 Å². The Morgan fingerprint density at radius 2 is 1.63 bits per heavy atom. The molecule has 5 nitrogen and oxygen atoms in total. The highest BCUT2D eigenvalue weighted by Crippen LogP contribution is 2.37. The molecule has 2 aromatic carbocycles. The maximum Gasteiger partial charge on any atom is 0.228 e. The lowest BCUT2D eigenvalue weighted by atomic mass is 10.1. The van der Waals surface area contributed by atoms with Crippen LogP contribution in [0, 0.1) is 5.82 Å². The van der Waals surface area contributed by atoms with Crippen LogP contribution in [0.2, 0.25) is 0 Å². The van der Waals surface area contributed by atoms with Gasteiger partial charge in [-0.15, -0.1) is 0 Å². The zero-order valence-corrected chi connectivity index (χ0v) is 15.3. The first-order chi connectivity index (χ1) is 13.2. The van der Waals surface area contributed by atoms with Crippen molar-refractivity contribution < 1.29 is 13.9 Å². The van der Waals surface area contributed by atoms with Gasteiger partial charge in [-0.3, -0.25) is 9.69 Å². The molecule has 27 heavy (non-hydrogen) atoms. The summed E-state index contributed by atoms with van der Waals surface area (Å²) in [5, 5.41) is 0. The molecule has 0 atom stereocenters. The number of amides is 1. The van der Waals surface area contributed by atoms with Crippen LogP contribution in [-0.4, -0.2) is 56.7 Å². The van der Waals surface area contributed by atoms with E-state index in [1.807, 2.05) is 29.2 Å². The van der Waals surface area contributed by atoms with E-state index in [0.717, 1.165) is 49.9 Å². The smallest absolute Gasteiger partial charge is 0.228 e. The highest BCUT2D eigenvalue weighted by atomic mass is 19.1. The van der Waals surface area contributed by atoms with Crippen LogP contribution in [0.25, 0.3) is 0 Å². The van der Waals surface area contributed by atoms with Crippen LogP contribution in [0.3, 0.4) is 0 Å². The van der Waals surface area contributed by atoms with E-state index < -0.39 is 0 Å². The number of rotatable bonds is 4. The summed E-state index contributed by atoms with van der Waals surface area (Å²) >= 11 is 0. The Bertz CT molecular complexity index is 790. The molecule has 0 aliphatic carbocycles. The molecule has 6 heteroatoms. The van der Waals surface area contributed by atoms with Crippen molar-refractivity contribution in [2.24, 2.45) is 0 Å². The number of hydrogen-bond donors (Lipinski definition) is 0. The monoisotopic (exact) mass is 369 g/mol.